The fraction of sp³-hybridized carbons (Fsp3) is 0.684. The third-order valence-corrected chi connectivity index (χ3v) is 11.8. The number of hydrogen-bond acceptors (Lipinski definition) is 10. The number of hydrogen-bond donors (Lipinski definition) is 2. The van der Waals surface area contributed by atoms with Gasteiger partial charge in [-0.15, -0.1) is 23.5 Å². The van der Waals surface area contributed by atoms with E-state index in [1.165, 1.54) is 60.7 Å². The van der Waals surface area contributed by atoms with Gasteiger partial charge in [0.15, 0.2) is 0 Å². The molecule has 2 heterocycles. The summed E-state index contributed by atoms with van der Waals surface area (Å²) >= 11 is 9.24. The van der Waals surface area contributed by atoms with Gasteiger partial charge in [0.2, 0.25) is 0 Å². The number of nitrogen functional groups attached to an aromatic ring is 2. The molecular weight excluding hydrogens is 783 g/mol. The molecule has 2 unspecified atom stereocenters. The summed E-state index contributed by atoms with van der Waals surface area (Å²) < 4.78 is 44.7. The minimum absolute atomic E-state index is 0. The molecular formula is C38H60BClF3KN4O4S2. The van der Waals surface area contributed by atoms with Crippen LogP contribution in [0.4, 0.5) is 24.6 Å². The molecule has 4 N–H and O–H groups in total. The van der Waals surface area contributed by atoms with Crippen LogP contribution in [0, 0.1) is 11.8 Å². The van der Waals surface area contributed by atoms with Crippen molar-refractivity contribution in [3.8, 4) is 0 Å². The van der Waals surface area contributed by atoms with Gasteiger partial charge in [0.05, 0.1) is 31.1 Å². The quantitative estimate of drug-likeness (QED) is 0.0678. The average Bonchev–Trinajstić information content (AvgIpc) is 4.05. The van der Waals surface area contributed by atoms with Gasteiger partial charge in [-0.25, -0.2) is 9.97 Å². The maximum absolute atomic E-state index is 12.0. The van der Waals surface area contributed by atoms with E-state index < -0.39 is 12.8 Å². The fourth-order valence-electron chi connectivity index (χ4n) is 5.26. The second-order valence-corrected chi connectivity index (χ2v) is 16.4. The third kappa shape index (κ3) is 21.7. The van der Waals surface area contributed by atoms with Crippen molar-refractivity contribution >= 4 is 65.7 Å². The molecule has 0 saturated heterocycles. The molecule has 0 radical (unpaired) electrons. The summed E-state index contributed by atoms with van der Waals surface area (Å²) in [4.78, 5) is 33.8. The van der Waals surface area contributed by atoms with Crippen LogP contribution >= 0.6 is 35.1 Å². The maximum Gasteiger partial charge on any atom is 1.00 e. The Hall–Kier alpha value is -0.679. The van der Waals surface area contributed by atoms with Gasteiger partial charge in [-0.05, 0) is 55.6 Å². The number of aromatic nitrogens is 2. The van der Waals surface area contributed by atoms with E-state index in [1.54, 1.807) is 30.2 Å². The smallest absolute Gasteiger partial charge is 0.465 e. The SMILES string of the molecule is CCCCC(CC)COC(=O)CCSc1ccnc(N)c1C1CC1.CCCCC(CC)COC(=O)CCSc1ccnc(N)c1Cl.F[B-](F)(F)C1CC1.[K+]. The summed E-state index contributed by atoms with van der Waals surface area (Å²) in [5, 5.41) is 0.450. The molecule has 0 amide bonds. The van der Waals surface area contributed by atoms with Gasteiger partial charge < -0.3 is 33.9 Å². The predicted molar refractivity (Wildman–Crippen MR) is 216 cm³/mol. The van der Waals surface area contributed by atoms with Gasteiger partial charge in [0.1, 0.15) is 11.6 Å². The zero-order valence-electron chi connectivity index (χ0n) is 32.9. The molecule has 2 saturated carbocycles. The van der Waals surface area contributed by atoms with Gasteiger partial charge >= 0.3 is 70.3 Å². The molecule has 0 aliphatic heterocycles. The normalized spacial score (nSPS) is 14.7. The van der Waals surface area contributed by atoms with Crippen LogP contribution in [-0.4, -0.2) is 53.6 Å². The van der Waals surface area contributed by atoms with E-state index in [0.29, 0.717) is 79.1 Å². The van der Waals surface area contributed by atoms with Crippen LogP contribution < -0.4 is 62.9 Å². The van der Waals surface area contributed by atoms with Crippen LogP contribution in [0.3, 0.4) is 0 Å². The molecule has 0 aromatic carbocycles. The summed E-state index contributed by atoms with van der Waals surface area (Å²) in [6.07, 6.45) is 16.5. The monoisotopic (exact) mass is 842 g/mol. The number of carbonyl (C=O) groups is 2. The molecule has 2 aliphatic rings. The Balaban J connectivity index is 0.000000451. The zero-order valence-corrected chi connectivity index (χ0v) is 38.4. The van der Waals surface area contributed by atoms with Gasteiger partial charge in [-0.3, -0.25) is 9.59 Å². The molecule has 2 atom stereocenters. The molecule has 2 fully saturated rings. The molecule has 0 spiro atoms. The third-order valence-electron chi connectivity index (χ3n) is 9.18. The van der Waals surface area contributed by atoms with Gasteiger partial charge in [0, 0.05) is 39.3 Å². The van der Waals surface area contributed by atoms with E-state index in [2.05, 4.69) is 37.7 Å². The first-order valence-electron chi connectivity index (χ1n) is 19.2. The summed E-state index contributed by atoms with van der Waals surface area (Å²) in [5.41, 5.74) is 12.8. The van der Waals surface area contributed by atoms with E-state index in [-0.39, 0.29) is 63.3 Å². The number of thioether (sulfide) groups is 2. The summed E-state index contributed by atoms with van der Waals surface area (Å²) in [6.45, 7) is 5.32. The van der Waals surface area contributed by atoms with Crippen LogP contribution in [0.25, 0.3) is 0 Å². The summed E-state index contributed by atoms with van der Waals surface area (Å²) in [5.74, 6) is 2.73. The van der Waals surface area contributed by atoms with E-state index in [0.717, 1.165) is 36.3 Å². The van der Waals surface area contributed by atoms with Crippen molar-refractivity contribution in [1.29, 1.82) is 0 Å². The zero-order chi connectivity index (χ0) is 39.2. The van der Waals surface area contributed by atoms with E-state index >= 15 is 0 Å². The van der Waals surface area contributed by atoms with Gasteiger partial charge in [0.25, 0.3) is 0 Å². The number of anilines is 2. The van der Waals surface area contributed by atoms with Crippen LogP contribution in [0.1, 0.15) is 129 Å². The van der Waals surface area contributed by atoms with Crippen molar-refractivity contribution < 1.29 is 83.4 Å². The average molecular weight is 843 g/mol. The topological polar surface area (TPSA) is 130 Å². The Kier molecular flexibility index (Phi) is 27.3. The summed E-state index contributed by atoms with van der Waals surface area (Å²) in [6, 6.07) is 3.81. The van der Waals surface area contributed by atoms with Crippen LogP contribution in [0.5, 0.6) is 0 Å². The molecule has 8 nitrogen and oxygen atoms in total. The Morgan fingerprint density at radius 1 is 0.815 bits per heavy atom. The van der Waals surface area contributed by atoms with Crippen molar-refractivity contribution in [2.45, 2.75) is 139 Å². The largest absolute Gasteiger partial charge is 1.00 e. The van der Waals surface area contributed by atoms with E-state index in [4.69, 9.17) is 32.5 Å². The Morgan fingerprint density at radius 2 is 1.28 bits per heavy atom. The Labute approximate surface area is 377 Å². The van der Waals surface area contributed by atoms with Gasteiger partial charge in [-0.2, -0.15) is 0 Å². The summed E-state index contributed by atoms with van der Waals surface area (Å²) in [7, 11) is 0. The van der Waals surface area contributed by atoms with Crippen molar-refractivity contribution in [2.75, 3.05) is 36.2 Å². The van der Waals surface area contributed by atoms with Crippen LogP contribution in [0.2, 0.25) is 10.8 Å². The second kappa shape index (κ2) is 28.7. The minimum atomic E-state index is -4.44. The Morgan fingerprint density at radius 3 is 1.69 bits per heavy atom. The number of carbonyl (C=O) groups excluding carboxylic acids is 2. The van der Waals surface area contributed by atoms with Crippen molar-refractivity contribution in [1.82, 2.24) is 9.97 Å². The van der Waals surface area contributed by atoms with Crippen LogP contribution in [-0.2, 0) is 19.1 Å². The molecule has 2 aliphatic carbocycles. The minimum Gasteiger partial charge on any atom is -0.465 e. The standard InChI is InChI=1S/C19H30N2O2S.C16H25ClN2O2S.C3H5BF3.K/c1-3-5-6-14(4-2)13-23-17(22)10-12-24-16-9-11-21-19(20)18(16)15-7-8-15;1-3-5-6-12(4-2)11-21-14(20)8-10-22-13-7-9-19-16(18)15(13)17;5-4(6,7)3-1-2-3;/h9,11,14-15H,3-8,10,12-13H2,1-2H3,(H2,20,21);7,9,12H,3-6,8,10-11H2,1-2H3,(H2,18,19);3H,1-2H2;/q;;-1;+1. The van der Waals surface area contributed by atoms with Crippen LogP contribution in [0.15, 0.2) is 34.3 Å². The van der Waals surface area contributed by atoms with Crippen molar-refractivity contribution in [2.24, 2.45) is 11.8 Å². The maximum atomic E-state index is 12.0. The molecule has 4 rings (SSSR count). The first kappa shape index (κ1) is 51.3. The van der Waals surface area contributed by atoms with Gasteiger partial charge in [-0.1, -0.05) is 96.5 Å². The Bertz CT molecular complexity index is 1380. The molecule has 16 heteroatoms. The van der Waals surface area contributed by atoms with E-state index in [9.17, 15) is 22.5 Å². The molecule has 300 valence electrons. The number of unbranched alkanes of at least 4 members (excludes halogenated alkanes) is 2. The number of nitrogens with two attached hydrogens (primary N) is 2. The molecule has 54 heavy (non-hydrogen) atoms. The molecule has 2 aromatic heterocycles. The first-order valence-corrected chi connectivity index (χ1v) is 21.6. The fourth-order valence-corrected chi connectivity index (χ4v) is 7.48. The number of halogens is 4. The molecule has 2 aromatic rings. The molecule has 0 bridgehead atoms. The predicted octanol–water partition coefficient (Wildman–Crippen LogP) is 8.34. The number of nitrogens with zero attached hydrogens (tertiary/aromatic N) is 2. The van der Waals surface area contributed by atoms with Crippen molar-refractivity contribution in [3.63, 3.8) is 0 Å². The van der Waals surface area contributed by atoms with Crippen molar-refractivity contribution in [3.05, 3.63) is 35.1 Å². The van der Waals surface area contributed by atoms with E-state index in [1.807, 2.05) is 6.07 Å². The first-order chi connectivity index (χ1) is 25.3. The number of ether oxygens (including phenoxy) is 2. The number of esters is 2. The number of rotatable bonds is 22. The second-order valence-electron chi connectivity index (χ2n) is 13.7. The number of pyridine rings is 2.